The fraction of sp³-hybridized carbons (Fsp3) is 0.263. The number of hydrogen-bond acceptors (Lipinski definition) is 4. The monoisotopic (exact) mass is 340 g/mol. The Bertz CT molecular complexity index is 731. The molecule has 0 radical (unpaired) electrons. The molecule has 0 spiro atoms. The highest BCUT2D eigenvalue weighted by Crippen LogP contribution is 2.22. The quantitative estimate of drug-likeness (QED) is 0.927. The molecule has 6 nitrogen and oxygen atoms in total. The maximum atomic E-state index is 12.5. The summed E-state index contributed by atoms with van der Waals surface area (Å²) in [6.45, 7) is 0.506. The van der Waals surface area contributed by atoms with Crippen molar-refractivity contribution in [3.8, 4) is 11.5 Å². The SMILES string of the molecule is COc1ccc(NC(=O)[C@H]2CCCN2C(=O)Oc2ccccc2)cc1. The van der Waals surface area contributed by atoms with E-state index in [2.05, 4.69) is 5.32 Å². The zero-order chi connectivity index (χ0) is 17.6. The maximum Gasteiger partial charge on any atom is 0.415 e. The van der Waals surface area contributed by atoms with Crippen LogP contribution in [0.15, 0.2) is 54.6 Å². The molecular weight excluding hydrogens is 320 g/mol. The molecule has 1 saturated heterocycles. The minimum Gasteiger partial charge on any atom is -0.497 e. The van der Waals surface area contributed by atoms with Crippen LogP contribution in [0.1, 0.15) is 12.8 Å². The molecule has 2 amide bonds. The number of carbonyl (C=O) groups is 2. The molecule has 0 aliphatic carbocycles. The van der Waals surface area contributed by atoms with E-state index in [4.69, 9.17) is 9.47 Å². The Morgan fingerprint density at radius 2 is 1.76 bits per heavy atom. The molecule has 1 atom stereocenters. The number of rotatable bonds is 4. The predicted molar refractivity (Wildman–Crippen MR) is 93.8 cm³/mol. The van der Waals surface area contributed by atoms with E-state index in [1.165, 1.54) is 4.90 Å². The molecule has 0 aromatic heterocycles. The van der Waals surface area contributed by atoms with Gasteiger partial charge in [-0.1, -0.05) is 18.2 Å². The minimum absolute atomic E-state index is 0.215. The van der Waals surface area contributed by atoms with Crippen LogP contribution in [0.2, 0.25) is 0 Å². The highest BCUT2D eigenvalue weighted by atomic mass is 16.6. The summed E-state index contributed by atoms with van der Waals surface area (Å²) < 4.78 is 10.4. The van der Waals surface area contributed by atoms with Gasteiger partial charge in [0.15, 0.2) is 0 Å². The number of para-hydroxylation sites is 1. The predicted octanol–water partition coefficient (Wildman–Crippen LogP) is 3.30. The molecule has 2 aromatic rings. The van der Waals surface area contributed by atoms with E-state index in [1.54, 1.807) is 55.6 Å². The van der Waals surface area contributed by atoms with Crippen molar-refractivity contribution in [1.82, 2.24) is 4.90 Å². The lowest BCUT2D eigenvalue weighted by atomic mass is 10.2. The van der Waals surface area contributed by atoms with Gasteiger partial charge >= 0.3 is 6.09 Å². The summed E-state index contributed by atoms with van der Waals surface area (Å²) in [4.78, 5) is 26.4. The molecule has 1 aliphatic rings. The maximum absolute atomic E-state index is 12.5. The third kappa shape index (κ3) is 4.09. The van der Waals surface area contributed by atoms with Crippen molar-refractivity contribution in [3.63, 3.8) is 0 Å². The highest BCUT2D eigenvalue weighted by Gasteiger charge is 2.35. The summed E-state index contributed by atoms with van der Waals surface area (Å²) in [7, 11) is 1.59. The highest BCUT2D eigenvalue weighted by molar-refractivity contribution is 5.97. The van der Waals surface area contributed by atoms with Gasteiger partial charge in [0, 0.05) is 12.2 Å². The second-order valence-electron chi connectivity index (χ2n) is 5.75. The van der Waals surface area contributed by atoms with Crippen LogP contribution in [0.25, 0.3) is 0 Å². The Balaban J connectivity index is 1.63. The van der Waals surface area contributed by atoms with Crippen LogP contribution in [-0.4, -0.2) is 36.6 Å². The summed E-state index contributed by atoms with van der Waals surface area (Å²) in [5, 5.41) is 2.84. The van der Waals surface area contributed by atoms with E-state index < -0.39 is 12.1 Å². The lowest BCUT2D eigenvalue weighted by Gasteiger charge is -2.23. The Morgan fingerprint density at radius 1 is 1.04 bits per heavy atom. The summed E-state index contributed by atoms with van der Waals surface area (Å²) in [6.07, 6.45) is 0.884. The number of nitrogens with one attached hydrogen (secondary N) is 1. The second kappa shape index (κ2) is 7.70. The van der Waals surface area contributed by atoms with Gasteiger partial charge in [-0.15, -0.1) is 0 Å². The average Bonchev–Trinajstić information content (AvgIpc) is 3.13. The largest absolute Gasteiger partial charge is 0.497 e. The van der Waals surface area contributed by atoms with Crippen LogP contribution in [-0.2, 0) is 4.79 Å². The lowest BCUT2D eigenvalue weighted by Crippen LogP contribution is -2.44. The normalized spacial score (nSPS) is 16.4. The number of likely N-dealkylation sites (tertiary alicyclic amines) is 1. The summed E-state index contributed by atoms with van der Waals surface area (Å²) in [5.41, 5.74) is 0.661. The molecule has 25 heavy (non-hydrogen) atoms. The van der Waals surface area contributed by atoms with E-state index in [0.717, 1.165) is 6.42 Å². The van der Waals surface area contributed by atoms with Crippen molar-refractivity contribution in [2.75, 3.05) is 19.0 Å². The smallest absolute Gasteiger partial charge is 0.415 e. The average molecular weight is 340 g/mol. The van der Waals surface area contributed by atoms with Gasteiger partial charge in [0.1, 0.15) is 17.5 Å². The first-order chi connectivity index (χ1) is 12.2. The van der Waals surface area contributed by atoms with E-state index in [-0.39, 0.29) is 5.91 Å². The molecule has 0 unspecified atom stereocenters. The van der Waals surface area contributed by atoms with Crippen molar-refractivity contribution < 1.29 is 19.1 Å². The number of carbonyl (C=O) groups excluding carboxylic acids is 2. The number of benzene rings is 2. The first-order valence-electron chi connectivity index (χ1n) is 8.16. The van der Waals surface area contributed by atoms with Crippen LogP contribution in [0.4, 0.5) is 10.5 Å². The van der Waals surface area contributed by atoms with Crippen molar-refractivity contribution in [2.24, 2.45) is 0 Å². The molecule has 1 fully saturated rings. The van der Waals surface area contributed by atoms with Gasteiger partial charge in [-0.3, -0.25) is 9.69 Å². The van der Waals surface area contributed by atoms with Crippen LogP contribution in [0.5, 0.6) is 11.5 Å². The summed E-state index contributed by atoms with van der Waals surface area (Å²) in [6, 6.07) is 15.4. The molecule has 0 bridgehead atoms. The van der Waals surface area contributed by atoms with Crippen LogP contribution in [0.3, 0.4) is 0 Å². The summed E-state index contributed by atoms with van der Waals surface area (Å²) in [5.74, 6) is 0.966. The number of nitrogens with zero attached hydrogens (tertiary/aromatic N) is 1. The van der Waals surface area contributed by atoms with Gasteiger partial charge in [-0.25, -0.2) is 4.79 Å². The van der Waals surface area contributed by atoms with Crippen molar-refractivity contribution in [2.45, 2.75) is 18.9 Å². The van der Waals surface area contributed by atoms with Gasteiger partial charge in [-0.05, 0) is 49.2 Å². The lowest BCUT2D eigenvalue weighted by molar-refractivity contribution is -0.119. The van der Waals surface area contributed by atoms with E-state index in [1.807, 2.05) is 6.07 Å². The van der Waals surface area contributed by atoms with E-state index >= 15 is 0 Å². The molecule has 1 N–H and O–H groups in total. The first-order valence-corrected chi connectivity index (χ1v) is 8.16. The van der Waals surface area contributed by atoms with Gasteiger partial charge < -0.3 is 14.8 Å². The summed E-state index contributed by atoms with van der Waals surface area (Å²) >= 11 is 0. The minimum atomic E-state index is -0.529. The van der Waals surface area contributed by atoms with Crippen LogP contribution >= 0.6 is 0 Å². The Hall–Kier alpha value is -3.02. The Kier molecular flexibility index (Phi) is 5.18. The van der Waals surface area contributed by atoms with Crippen molar-refractivity contribution >= 4 is 17.7 Å². The fourth-order valence-corrected chi connectivity index (χ4v) is 2.81. The number of methoxy groups -OCH3 is 1. The Labute approximate surface area is 146 Å². The van der Waals surface area contributed by atoms with E-state index in [0.29, 0.717) is 30.2 Å². The second-order valence-corrected chi connectivity index (χ2v) is 5.75. The first kappa shape index (κ1) is 16.8. The van der Waals surface area contributed by atoms with Gasteiger partial charge in [0.2, 0.25) is 5.91 Å². The topological polar surface area (TPSA) is 67.9 Å². The van der Waals surface area contributed by atoms with Gasteiger partial charge in [-0.2, -0.15) is 0 Å². The number of ether oxygens (including phenoxy) is 2. The van der Waals surface area contributed by atoms with Crippen molar-refractivity contribution in [3.05, 3.63) is 54.6 Å². The number of hydrogen-bond donors (Lipinski definition) is 1. The van der Waals surface area contributed by atoms with Gasteiger partial charge in [0.25, 0.3) is 0 Å². The fourth-order valence-electron chi connectivity index (χ4n) is 2.81. The Morgan fingerprint density at radius 3 is 2.44 bits per heavy atom. The van der Waals surface area contributed by atoms with Gasteiger partial charge in [0.05, 0.1) is 7.11 Å². The molecule has 2 aromatic carbocycles. The van der Waals surface area contributed by atoms with Crippen LogP contribution < -0.4 is 14.8 Å². The standard InChI is InChI=1S/C19H20N2O4/c1-24-15-11-9-14(10-12-15)20-18(22)17-8-5-13-21(17)19(23)25-16-6-3-2-4-7-16/h2-4,6-7,9-12,17H,5,8,13H2,1H3,(H,20,22)/t17-/m1/s1. The molecule has 0 saturated carbocycles. The molecule has 130 valence electrons. The number of amides is 2. The van der Waals surface area contributed by atoms with Crippen LogP contribution in [0, 0.1) is 0 Å². The van der Waals surface area contributed by atoms with Crippen molar-refractivity contribution in [1.29, 1.82) is 0 Å². The third-order valence-corrected chi connectivity index (χ3v) is 4.10. The molecule has 1 aliphatic heterocycles. The molecule has 6 heteroatoms. The number of anilines is 1. The molecule has 1 heterocycles. The molecule has 3 rings (SSSR count). The molecular formula is C19H20N2O4. The zero-order valence-electron chi connectivity index (χ0n) is 14.0. The van der Waals surface area contributed by atoms with E-state index in [9.17, 15) is 9.59 Å². The third-order valence-electron chi connectivity index (χ3n) is 4.10. The zero-order valence-corrected chi connectivity index (χ0v) is 14.0.